The van der Waals surface area contributed by atoms with Gasteiger partial charge in [-0.25, -0.2) is 17.6 Å². The van der Waals surface area contributed by atoms with Gasteiger partial charge in [0, 0.05) is 0 Å². The largest absolute Gasteiger partial charge is 0.479 e. The van der Waals surface area contributed by atoms with Crippen LogP contribution in [0.4, 0.5) is 4.39 Å². The zero-order valence-electron chi connectivity index (χ0n) is 8.84. The van der Waals surface area contributed by atoms with Crippen LogP contribution in [-0.2, 0) is 20.2 Å². The Kier molecular flexibility index (Phi) is 2.69. The second-order valence-corrected chi connectivity index (χ2v) is 6.40. The Morgan fingerprint density at radius 3 is 2.47 bits per heavy atom. The molecule has 0 bridgehead atoms. The molecular weight excluding hydrogens is 251 g/mol. The lowest BCUT2D eigenvalue weighted by Crippen LogP contribution is -2.48. The molecule has 1 fully saturated rings. The fraction of sp³-hybridized carbons (Fsp3) is 0.556. The van der Waals surface area contributed by atoms with E-state index in [1.165, 1.54) is 0 Å². The Morgan fingerprint density at radius 2 is 2.06 bits per heavy atom. The molecule has 1 aromatic heterocycles. The van der Waals surface area contributed by atoms with Crippen molar-refractivity contribution in [2.24, 2.45) is 0 Å². The first-order valence-electron chi connectivity index (χ1n) is 5.00. The van der Waals surface area contributed by atoms with Crippen LogP contribution in [0.25, 0.3) is 0 Å². The molecule has 0 radical (unpaired) electrons. The number of carbonyl (C=O) groups is 1. The Balaban J connectivity index is 2.39. The summed E-state index contributed by atoms with van der Waals surface area (Å²) in [6.07, 6.45) is 1.71. The molecule has 1 aliphatic rings. The van der Waals surface area contributed by atoms with Gasteiger partial charge in [0.25, 0.3) is 0 Å². The quantitative estimate of drug-likeness (QED) is 0.811. The smallest absolute Gasteiger partial charge is 0.331 e. The van der Waals surface area contributed by atoms with Crippen LogP contribution >= 0.6 is 0 Å². The number of carboxylic acids is 1. The molecule has 6 nitrogen and oxygen atoms in total. The average molecular weight is 262 g/mol. The number of halogens is 1. The van der Waals surface area contributed by atoms with E-state index in [1.807, 2.05) is 0 Å². The fourth-order valence-corrected chi connectivity index (χ4v) is 3.45. The Bertz CT molecular complexity index is 537. The van der Waals surface area contributed by atoms with Crippen LogP contribution in [0.1, 0.15) is 12.8 Å². The molecule has 17 heavy (non-hydrogen) atoms. The molecule has 2 rings (SSSR count). The molecule has 1 aromatic rings. The van der Waals surface area contributed by atoms with E-state index in [9.17, 15) is 22.7 Å². The summed E-state index contributed by atoms with van der Waals surface area (Å²) in [6, 6.07) is 0. The monoisotopic (exact) mass is 262 g/mol. The van der Waals surface area contributed by atoms with E-state index in [0.717, 1.165) is 17.1 Å². The van der Waals surface area contributed by atoms with Gasteiger partial charge >= 0.3 is 5.97 Å². The third-order valence-electron chi connectivity index (χ3n) is 3.04. The van der Waals surface area contributed by atoms with E-state index < -0.39 is 27.2 Å². The van der Waals surface area contributed by atoms with Crippen molar-refractivity contribution in [1.82, 2.24) is 9.78 Å². The number of aromatic nitrogens is 2. The summed E-state index contributed by atoms with van der Waals surface area (Å²) >= 11 is 0. The highest BCUT2D eigenvalue weighted by Gasteiger charge is 2.46. The molecule has 0 atom stereocenters. The van der Waals surface area contributed by atoms with Crippen LogP contribution < -0.4 is 0 Å². The van der Waals surface area contributed by atoms with Crippen molar-refractivity contribution >= 4 is 15.8 Å². The van der Waals surface area contributed by atoms with Crippen LogP contribution in [0.15, 0.2) is 12.4 Å². The van der Waals surface area contributed by atoms with Gasteiger partial charge in [-0.3, -0.25) is 4.68 Å². The summed E-state index contributed by atoms with van der Waals surface area (Å²) in [4.78, 5) is 11.3. The number of aliphatic carboxylic acids is 1. The lowest BCUT2D eigenvalue weighted by atomic mass is 9.93. The molecule has 94 valence electrons. The van der Waals surface area contributed by atoms with Gasteiger partial charge in [0.1, 0.15) is 0 Å². The Labute approximate surface area is 97.0 Å². The molecule has 0 unspecified atom stereocenters. The second-order valence-electron chi connectivity index (χ2n) is 4.09. The first-order chi connectivity index (χ1) is 7.86. The molecule has 0 saturated carbocycles. The van der Waals surface area contributed by atoms with Crippen LogP contribution in [0.2, 0.25) is 0 Å². The zero-order chi connectivity index (χ0) is 12.7. The minimum atomic E-state index is -3.19. The maximum atomic E-state index is 12.9. The van der Waals surface area contributed by atoms with Crippen molar-refractivity contribution in [2.75, 3.05) is 11.5 Å². The van der Waals surface area contributed by atoms with Crippen LogP contribution in [0, 0.1) is 5.82 Å². The normalized spacial score (nSPS) is 22.2. The van der Waals surface area contributed by atoms with E-state index in [4.69, 9.17) is 0 Å². The number of carboxylic acid groups (broad SMARTS) is 1. The van der Waals surface area contributed by atoms with E-state index in [1.54, 1.807) is 0 Å². The minimum absolute atomic E-state index is 0.0915. The predicted octanol–water partition coefficient (Wildman–Crippen LogP) is 0.0107. The summed E-state index contributed by atoms with van der Waals surface area (Å²) in [5, 5.41) is 12.9. The first kappa shape index (κ1) is 12.0. The summed E-state index contributed by atoms with van der Waals surface area (Å²) in [5.41, 5.74) is -1.45. The minimum Gasteiger partial charge on any atom is -0.479 e. The van der Waals surface area contributed by atoms with Crippen molar-refractivity contribution in [1.29, 1.82) is 0 Å². The highest BCUT2D eigenvalue weighted by Crippen LogP contribution is 2.31. The van der Waals surface area contributed by atoms with Crippen LogP contribution in [-0.4, -0.2) is 40.8 Å². The molecular formula is C9H11FN2O4S. The molecule has 0 aromatic carbocycles. The Hall–Kier alpha value is -1.44. The molecule has 1 saturated heterocycles. The van der Waals surface area contributed by atoms with Crippen molar-refractivity contribution in [3.05, 3.63) is 18.2 Å². The van der Waals surface area contributed by atoms with Gasteiger partial charge in [-0.1, -0.05) is 0 Å². The first-order valence-corrected chi connectivity index (χ1v) is 6.82. The molecule has 1 N–H and O–H groups in total. The third-order valence-corrected chi connectivity index (χ3v) is 4.69. The number of nitrogens with zero attached hydrogens (tertiary/aromatic N) is 2. The second kappa shape index (κ2) is 3.80. The lowest BCUT2D eigenvalue weighted by molar-refractivity contribution is -0.148. The maximum absolute atomic E-state index is 12.9. The van der Waals surface area contributed by atoms with Gasteiger partial charge in [0.2, 0.25) is 0 Å². The van der Waals surface area contributed by atoms with Crippen molar-refractivity contribution in [3.63, 3.8) is 0 Å². The molecule has 8 heteroatoms. The lowest BCUT2D eigenvalue weighted by Gasteiger charge is -2.33. The van der Waals surface area contributed by atoms with E-state index in [2.05, 4.69) is 5.10 Å². The summed E-state index contributed by atoms with van der Waals surface area (Å²) in [7, 11) is -3.19. The number of sulfone groups is 1. The Morgan fingerprint density at radius 1 is 1.47 bits per heavy atom. The summed E-state index contributed by atoms with van der Waals surface area (Å²) < 4.78 is 36.5. The van der Waals surface area contributed by atoms with Gasteiger partial charge in [0.05, 0.1) is 23.9 Å². The zero-order valence-corrected chi connectivity index (χ0v) is 9.65. The van der Waals surface area contributed by atoms with Gasteiger partial charge in [-0.05, 0) is 12.8 Å². The molecule has 0 spiro atoms. The van der Waals surface area contributed by atoms with Gasteiger partial charge in [-0.2, -0.15) is 5.10 Å². The van der Waals surface area contributed by atoms with Crippen LogP contribution in [0.5, 0.6) is 0 Å². The van der Waals surface area contributed by atoms with E-state index in [-0.39, 0.29) is 24.3 Å². The van der Waals surface area contributed by atoms with Crippen molar-refractivity contribution in [2.45, 2.75) is 18.4 Å². The number of hydrogen-bond acceptors (Lipinski definition) is 4. The molecule has 2 heterocycles. The van der Waals surface area contributed by atoms with Gasteiger partial charge < -0.3 is 5.11 Å². The summed E-state index contributed by atoms with van der Waals surface area (Å²) in [6.45, 7) is 0. The van der Waals surface area contributed by atoms with Gasteiger partial charge in [0.15, 0.2) is 21.2 Å². The van der Waals surface area contributed by atoms with Gasteiger partial charge in [-0.15, -0.1) is 0 Å². The third kappa shape index (κ3) is 2.04. The number of rotatable bonds is 2. The SMILES string of the molecule is O=C(O)C1(n2cc(F)cn2)CCS(=O)(=O)CC1. The molecule has 1 aliphatic heterocycles. The predicted molar refractivity (Wildman–Crippen MR) is 55.7 cm³/mol. The highest BCUT2D eigenvalue weighted by atomic mass is 32.2. The molecule has 0 amide bonds. The highest BCUT2D eigenvalue weighted by molar-refractivity contribution is 7.91. The number of hydrogen-bond donors (Lipinski definition) is 1. The summed E-state index contributed by atoms with van der Waals surface area (Å²) in [5.74, 6) is -2.27. The maximum Gasteiger partial charge on any atom is 0.331 e. The van der Waals surface area contributed by atoms with Crippen molar-refractivity contribution < 1.29 is 22.7 Å². The average Bonchev–Trinajstić information content (AvgIpc) is 2.65. The van der Waals surface area contributed by atoms with Crippen LogP contribution in [0.3, 0.4) is 0 Å². The molecule has 0 aliphatic carbocycles. The standard InChI is InChI=1S/C9H11FN2O4S/c10-7-5-11-12(6-7)9(8(13)14)1-3-17(15,16)4-2-9/h5-6H,1-4H2,(H,13,14). The fourth-order valence-electron chi connectivity index (χ4n) is 1.95. The topological polar surface area (TPSA) is 89.3 Å². The van der Waals surface area contributed by atoms with Crippen molar-refractivity contribution in [3.8, 4) is 0 Å². The van der Waals surface area contributed by atoms with E-state index >= 15 is 0 Å². The van der Waals surface area contributed by atoms with E-state index in [0.29, 0.717) is 0 Å².